The molecule has 200 valence electrons. The van der Waals surface area contributed by atoms with E-state index in [9.17, 15) is 14.0 Å². The molecule has 3 unspecified atom stereocenters. The molecule has 2 aromatic rings. The minimum atomic E-state index is -2.77. The van der Waals surface area contributed by atoms with Gasteiger partial charge in [0, 0.05) is 30.6 Å². The van der Waals surface area contributed by atoms with E-state index in [-0.39, 0.29) is 30.0 Å². The third-order valence-electron chi connectivity index (χ3n) is 11.8. The summed E-state index contributed by atoms with van der Waals surface area (Å²) in [6, 6.07) is 8.78. The summed E-state index contributed by atoms with van der Waals surface area (Å²) in [5, 5.41) is 13.7. The van der Waals surface area contributed by atoms with Gasteiger partial charge in [0.2, 0.25) is 0 Å². The van der Waals surface area contributed by atoms with Gasteiger partial charge in [-0.05, 0) is 90.0 Å². The van der Waals surface area contributed by atoms with Gasteiger partial charge in [-0.1, -0.05) is 31.2 Å². The van der Waals surface area contributed by atoms with E-state index in [0.29, 0.717) is 18.3 Å². The second kappa shape index (κ2) is 7.52. The van der Waals surface area contributed by atoms with Gasteiger partial charge in [-0.15, -0.1) is 0 Å². The van der Waals surface area contributed by atoms with Gasteiger partial charge in [0.25, 0.3) is 0 Å². The van der Waals surface area contributed by atoms with Crippen LogP contribution in [0.25, 0.3) is 10.8 Å². The minimum Gasteiger partial charge on any atom is -0.359 e. The standard InChI is InChI=1S/C32H37F2N2O2/c1-29-10-8-25-17-24-4-5-26(36(37)15-13-31(33,34)20-36)18-30(24)11-12-32(25,38-30)28(29)7-6-27(29)22-3-2-21-9-14-35-19-23(21)16-22/h2-3,8-9,14,16-17,19,26-28,37H,4-7,10-13,15,18,20H2,1H3/q+1/t26-,27?,28-,29?,30-,32-,36?/m1/s1. The highest BCUT2D eigenvalue weighted by atomic mass is 19.3. The number of likely N-dealkylation sites (tertiary alicyclic amines) is 1. The van der Waals surface area contributed by atoms with Crippen molar-refractivity contribution in [1.29, 1.82) is 0 Å². The monoisotopic (exact) mass is 519 g/mol. The van der Waals surface area contributed by atoms with Crippen molar-refractivity contribution in [3.63, 3.8) is 0 Å². The fraction of sp³-hybridized carbons (Fsp3) is 0.594. The number of fused-ring (bicyclic) bond motifs is 2. The van der Waals surface area contributed by atoms with Crippen molar-refractivity contribution in [2.75, 3.05) is 13.1 Å². The van der Waals surface area contributed by atoms with E-state index in [1.165, 1.54) is 27.5 Å². The van der Waals surface area contributed by atoms with Crippen LogP contribution in [0.2, 0.25) is 0 Å². The van der Waals surface area contributed by atoms with E-state index in [1.807, 2.05) is 12.4 Å². The van der Waals surface area contributed by atoms with Gasteiger partial charge in [-0.2, -0.15) is 13.4 Å². The Bertz CT molecular complexity index is 1400. The van der Waals surface area contributed by atoms with Gasteiger partial charge < -0.3 is 4.74 Å². The van der Waals surface area contributed by atoms with Gasteiger partial charge in [-0.3, -0.25) is 4.98 Å². The van der Waals surface area contributed by atoms with Crippen molar-refractivity contribution >= 4 is 10.8 Å². The molecule has 4 nitrogen and oxygen atoms in total. The maximum atomic E-state index is 14.2. The molecular weight excluding hydrogens is 482 g/mol. The lowest BCUT2D eigenvalue weighted by atomic mass is 9.58. The zero-order valence-electron chi connectivity index (χ0n) is 22.1. The Balaban J connectivity index is 1.13. The van der Waals surface area contributed by atoms with Crippen LogP contribution in [0.5, 0.6) is 0 Å². The van der Waals surface area contributed by atoms with Crippen LogP contribution in [0.15, 0.2) is 60.0 Å². The van der Waals surface area contributed by atoms with Crippen molar-refractivity contribution in [1.82, 2.24) is 4.98 Å². The van der Waals surface area contributed by atoms with E-state index >= 15 is 0 Å². The summed E-state index contributed by atoms with van der Waals surface area (Å²) < 4.78 is 35.2. The van der Waals surface area contributed by atoms with E-state index < -0.39 is 22.7 Å². The third-order valence-corrected chi connectivity index (χ3v) is 11.8. The number of ether oxygens (including phenoxy) is 1. The molecule has 0 radical (unpaired) electrons. The molecule has 6 heteroatoms. The number of benzene rings is 1. The molecule has 38 heavy (non-hydrogen) atoms. The van der Waals surface area contributed by atoms with Gasteiger partial charge in [-0.25, -0.2) is 5.21 Å². The quantitative estimate of drug-likeness (QED) is 0.431. The number of rotatable bonds is 2. The van der Waals surface area contributed by atoms with Crippen molar-refractivity contribution in [2.45, 2.75) is 93.8 Å². The fourth-order valence-electron chi connectivity index (χ4n) is 9.89. The number of allylic oxidation sites excluding steroid dienone is 1. The van der Waals surface area contributed by atoms with Crippen LogP contribution >= 0.6 is 0 Å². The molecule has 2 spiro atoms. The lowest BCUT2D eigenvalue weighted by Gasteiger charge is -2.55. The predicted octanol–water partition coefficient (Wildman–Crippen LogP) is 7.09. The number of hydrogen-bond donors (Lipinski definition) is 1. The zero-order chi connectivity index (χ0) is 26.0. The largest absolute Gasteiger partial charge is 0.359 e. The Morgan fingerprint density at radius 2 is 1.97 bits per heavy atom. The Kier molecular flexibility index (Phi) is 4.70. The Morgan fingerprint density at radius 1 is 1.08 bits per heavy atom. The van der Waals surface area contributed by atoms with Crippen LogP contribution in [0, 0.1) is 11.3 Å². The number of hydroxylamine groups is 3. The highest BCUT2D eigenvalue weighted by molar-refractivity contribution is 5.82. The summed E-state index contributed by atoms with van der Waals surface area (Å²) in [5.41, 5.74) is 3.52. The first kappa shape index (κ1) is 23.7. The molecule has 2 bridgehead atoms. The second-order valence-electron chi connectivity index (χ2n) is 13.6. The number of aromatic nitrogens is 1. The fourth-order valence-corrected chi connectivity index (χ4v) is 9.89. The average molecular weight is 520 g/mol. The molecule has 2 saturated heterocycles. The molecule has 3 aliphatic heterocycles. The van der Waals surface area contributed by atoms with Crippen molar-refractivity contribution in [3.8, 4) is 0 Å². The molecule has 1 aromatic heterocycles. The van der Waals surface area contributed by atoms with Crippen molar-refractivity contribution < 1.29 is 23.4 Å². The summed E-state index contributed by atoms with van der Waals surface area (Å²) in [6.45, 7) is 2.17. The summed E-state index contributed by atoms with van der Waals surface area (Å²) in [4.78, 5) is 4.35. The van der Waals surface area contributed by atoms with E-state index in [4.69, 9.17) is 4.74 Å². The molecular formula is C32H37F2N2O2+. The lowest BCUT2D eigenvalue weighted by molar-refractivity contribution is -1.11. The first-order valence-electron chi connectivity index (χ1n) is 14.6. The molecule has 4 fully saturated rings. The zero-order valence-corrected chi connectivity index (χ0v) is 22.1. The number of nitrogens with zero attached hydrogens (tertiary/aromatic N) is 2. The minimum absolute atomic E-state index is 0.103. The maximum absolute atomic E-state index is 14.2. The van der Waals surface area contributed by atoms with Crippen molar-refractivity contribution in [3.05, 3.63) is 65.5 Å². The highest BCUT2D eigenvalue weighted by Gasteiger charge is 2.68. The molecule has 4 heterocycles. The smallest absolute Gasteiger partial charge is 0.304 e. The molecule has 6 aliphatic rings. The molecule has 1 N–H and O–H groups in total. The topological polar surface area (TPSA) is 42.4 Å². The molecule has 8 rings (SSSR count). The van der Waals surface area contributed by atoms with Gasteiger partial charge in [0.15, 0.2) is 6.54 Å². The van der Waals surface area contributed by atoms with Crippen LogP contribution in [-0.2, 0) is 4.74 Å². The predicted molar refractivity (Wildman–Crippen MR) is 141 cm³/mol. The molecule has 7 atom stereocenters. The van der Waals surface area contributed by atoms with Crippen LogP contribution in [0.3, 0.4) is 0 Å². The number of halogens is 2. The van der Waals surface area contributed by atoms with E-state index in [2.05, 4.69) is 48.3 Å². The van der Waals surface area contributed by atoms with Crippen LogP contribution in [0.1, 0.15) is 76.2 Å². The summed E-state index contributed by atoms with van der Waals surface area (Å²) >= 11 is 0. The van der Waals surface area contributed by atoms with Crippen LogP contribution < -0.4 is 0 Å². The van der Waals surface area contributed by atoms with Gasteiger partial charge >= 0.3 is 5.92 Å². The number of quaternary nitrogens is 1. The van der Waals surface area contributed by atoms with Crippen LogP contribution in [-0.4, -0.2) is 51.1 Å². The Hall–Kier alpha value is -2.15. The SMILES string of the molecule is CC12CC=C3C=C4CC[C@@H]([N+]5(O)CCC(F)(F)C5)C[C@]45CC[C@]3(O5)[C@@H]1CCC2c1ccc2ccncc2c1. The summed E-state index contributed by atoms with van der Waals surface area (Å²) in [7, 11) is 0. The number of hydrogen-bond acceptors (Lipinski definition) is 3. The van der Waals surface area contributed by atoms with E-state index in [0.717, 1.165) is 44.9 Å². The summed E-state index contributed by atoms with van der Waals surface area (Å²) in [5.74, 6) is -1.88. The first-order valence-corrected chi connectivity index (χ1v) is 14.6. The normalized spacial score (nSPS) is 44.8. The Labute approximate surface area is 222 Å². The third kappa shape index (κ3) is 3.08. The van der Waals surface area contributed by atoms with Crippen molar-refractivity contribution in [2.24, 2.45) is 11.3 Å². The number of alkyl halides is 2. The maximum Gasteiger partial charge on any atom is 0.304 e. The lowest BCUT2D eigenvalue weighted by Crippen LogP contribution is -2.59. The molecule has 2 saturated carbocycles. The van der Waals surface area contributed by atoms with Gasteiger partial charge in [0.05, 0.1) is 17.6 Å². The van der Waals surface area contributed by atoms with Crippen LogP contribution in [0.4, 0.5) is 8.78 Å². The first-order chi connectivity index (χ1) is 18.1. The molecule has 3 aliphatic carbocycles. The second-order valence-corrected chi connectivity index (χ2v) is 13.6. The highest BCUT2D eigenvalue weighted by Crippen LogP contribution is 2.69. The number of pyridine rings is 1. The van der Waals surface area contributed by atoms with E-state index in [1.54, 1.807) is 0 Å². The summed E-state index contributed by atoms with van der Waals surface area (Å²) in [6.07, 6.45) is 16.0. The average Bonchev–Trinajstić information content (AvgIpc) is 3.52. The van der Waals surface area contributed by atoms with Gasteiger partial charge in [0.1, 0.15) is 12.6 Å². The Morgan fingerprint density at radius 3 is 2.82 bits per heavy atom. The molecule has 1 aromatic carbocycles. The molecule has 0 amide bonds.